The molecule has 0 bridgehead atoms. The minimum absolute atomic E-state index is 0.0205. The molecule has 5 heteroatoms. The Balaban J connectivity index is 1.82. The number of nitrogens with zero attached hydrogens (tertiary/aromatic N) is 1. The van der Waals surface area contributed by atoms with Gasteiger partial charge < -0.3 is 15.4 Å². The molecule has 1 aliphatic rings. The third-order valence-electron chi connectivity index (χ3n) is 2.75. The number of carbonyl (C=O) groups excluding carboxylic acids is 1. The van der Waals surface area contributed by atoms with Crippen molar-refractivity contribution >= 4 is 17.5 Å². The zero-order valence-electron chi connectivity index (χ0n) is 9.43. The lowest BCUT2D eigenvalue weighted by Crippen LogP contribution is -2.35. The monoisotopic (exact) mass is 254 g/mol. The number of hydrogen-bond acceptors (Lipinski definition) is 3. The van der Waals surface area contributed by atoms with E-state index in [1.165, 1.54) is 0 Å². The average molecular weight is 255 g/mol. The smallest absolute Gasteiger partial charge is 0.260 e. The SMILES string of the molecule is N[C@H]1CCN(C(=O)COc2ccc(Cl)cc2)C1. The highest BCUT2D eigenvalue weighted by Crippen LogP contribution is 2.16. The molecule has 0 aromatic heterocycles. The van der Waals surface area contributed by atoms with Crippen molar-refractivity contribution in [2.45, 2.75) is 12.5 Å². The van der Waals surface area contributed by atoms with Crippen LogP contribution in [-0.2, 0) is 4.79 Å². The van der Waals surface area contributed by atoms with Gasteiger partial charge in [0.15, 0.2) is 6.61 Å². The lowest BCUT2D eigenvalue weighted by atomic mass is 10.3. The van der Waals surface area contributed by atoms with Gasteiger partial charge >= 0.3 is 0 Å². The van der Waals surface area contributed by atoms with E-state index in [-0.39, 0.29) is 18.6 Å². The van der Waals surface area contributed by atoms with Crippen LogP contribution in [0.3, 0.4) is 0 Å². The maximum absolute atomic E-state index is 11.8. The van der Waals surface area contributed by atoms with Crippen LogP contribution in [0.2, 0.25) is 5.02 Å². The minimum atomic E-state index is -0.0205. The fraction of sp³-hybridized carbons (Fsp3) is 0.417. The van der Waals surface area contributed by atoms with Crippen LogP contribution < -0.4 is 10.5 Å². The number of benzene rings is 1. The summed E-state index contributed by atoms with van der Waals surface area (Å²) in [6, 6.07) is 7.05. The average Bonchev–Trinajstić information content (AvgIpc) is 2.75. The first-order valence-electron chi connectivity index (χ1n) is 5.57. The van der Waals surface area contributed by atoms with Gasteiger partial charge in [0.2, 0.25) is 0 Å². The molecule has 0 unspecified atom stereocenters. The number of halogens is 1. The topological polar surface area (TPSA) is 55.6 Å². The fourth-order valence-electron chi connectivity index (χ4n) is 1.78. The number of likely N-dealkylation sites (tertiary alicyclic amines) is 1. The summed E-state index contributed by atoms with van der Waals surface area (Å²) in [4.78, 5) is 13.5. The molecule has 17 heavy (non-hydrogen) atoms. The number of rotatable bonds is 3. The second-order valence-corrected chi connectivity index (χ2v) is 4.57. The molecule has 0 aliphatic carbocycles. The van der Waals surface area contributed by atoms with Crippen molar-refractivity contribution in [2.75, 3.05) is 19.7 Å². The summed E-state index contributed by atoms with van der Waals surface area (Å²) in [6.45, 7) is 1.40. The highest BCUT2D eigenvalue weighted by atomic mass is 35.5. The quantitative estimate of drug-likeness (QED) is 0.884. The Labute approximate surface area is 105 Å². The first-order valence-corrected chi connectivity index (χ1v) is 5.94. The van der Waals surface area contributed by atoms with Gasteiger partial charge in [-0.15, -0.1) is 0 Å². The predicted octanol–water partition coefficient (Wildman–Crippen LogP) is 1.28. The first kappa shape index (κ1) is 12.2. The lowest BCUT2D eigenvalue weighted by molar-refractivity contribution is -0.132. The highest BCUT2D eigenvalue weighted by molar-refractivity contribution is 6.30. The van der Waals surface area contributed by atoms with E-state index in [0.29, 0.717) is 17.3 Å². The largest absolute Gasteiger partial charge is 0.484 e. The minimum Gasteiger partial charge on any atom is -0.484 e. The Kier molecular flexibility index (Phi) is 3.86. The van der Waals surface area contributed by atoms with Crippen molar-refractivity contribution in [1.29, 1.82) is 0 Å². The Morgan fingerprint density at radius 2 is 2.18 bits per heavy atom. The summed E-state index contributed by atoms with van der Waals surface area (Å²) < 4.78 is 5.38. The molecule has 1 aliphatic heterocycles. The molecule has 1 heterocycles. The molecule has 1 aromatic carbocycles. The molecule has 4 nitrogen and oxygen atoms in total. The lowest BCUT2D eigenvalue weighted by Gasteiger charge is -2.16. The molecule has 1 saturated heterocycles. The molecule has 1 fully saturated rings. The zero-order chi connectivity index (χ0) is 12.3. The van der Waals surface area contributed by atoms with Crippen molar-refractivity contribution < 1.29 is 9.53 Å². The number of carbonyl (C=O) groups is 1. The van der Waals surface area contributed by atoms with Crippen LogP contribution in [0.25, 0.3) is 0 Å². The predicted molar refractivity (Wildman–Crippen MR) is 66.1 cm³/mol. The maximum Gasteiger partial charge on any atom is 0.260 e. The van der Waals surface area contributed by atoms with Crippen LogP contribution in [0.5, 0.6) is 5.75 Å². The van der Waals surface area contributed by atoms with E-state index in [4.69, 9.17) is 22.1 Å². The van der Waals surface area contributed by atoms with Gasteiger partial charge in [-0.3, -0.25) is 4.79 Å². The van der Waals surface area contributed by atoms with Crippen LogP contribution >= 0.6 is 11.6 Å². The van der Waals surface area contributed by atoms with E-state index in [2.05, 4.69) is 0 Å². The van der Waals surface area contributed by atoms with Crippen molar-refractivity contribution in [3.05, 3.63) is 29.3 Å². The maximum atomic E-state index is 11.8. The van der Waals surface area contributed by atoms with Crippen LogP contribution in [0.1, 0.15) is 6.42 Å². The fourth-order valence-corrected chi connectivity index (χ4v) is 1.91. The number of hydrogen-bond donors (Lipinski definition) is 1. The Morgan fingerprint density at radius 1 is 1.47 bits per heavy atom. The van der Waals surface area contributed by atoms with Crippen molar-refractivity contribution in [2.24, 2.45) is 5.73 Å². The van der Waals surface area contributed by atoms with Gasteiger partial charge in [0.1, 0.15) is 5.75 Å². The van der Waals surface area contributed by atoms with Gasteiger partial charge in [-0.25, -0.2) is 0 Å². The molecule has 1 amide bonds. The molecule has 0 saturated carbocycles. The van der Waals surface area contributed by atoms with Gasteiger partial charge in [-0.05, 0) is 30.7 Å². The van der Waals surface area contributed by atoms with Gasteiger partial charge in [0.05, 0.1) is 0 Å². The molecule has 1 atom stereocenters. The Morgan fingerprint density at radius 3 is 2.76 bits per heavy atom. The summed E-state index contributed by atoms with van der Waals surface area (Å²) in [5.74, 6) is 0.624. The van der Waals surface area contributed by atoms with Gasteiger partial charge in [-0.2, -0.15) is 0 Å². The van der Waals surface area contributed by atoms with Crippen LogP contribution in [0, 0.1) is 0 Å². The number of nitrogens with two attached hydrogens (primary N) is 1. The second kappa shape index (κ2) is 5.38. The van der Waals surface area contributed by atoms with Crippen LogP contribution in [0.4, 0.5) is 0 Å². The van der Waals surface area contributed by atoms with E-state index in [1.54, 1.807) is 29.2 Å². The normalized spacial score (nSPS) is 19.4. The van der Waals surface area contributed by atoms with Crippen molar-refractivity contribution in [3.8, 4) is 5.75 Å². The van der Waals surface area contributed by atoms with Crippen LogP contribution in [0.15, 0.2) is 24.3 Å². The molecule has 2 rings (SSSR count). The van der Waals surface area contributed by atoms with E-state index in [9.17, 15) is 4.79 Å². The molecule has 0 spiro atoms. The third-order valence-corrected chi connectivity index (χ3v) is 3.01. The number of amides is 1. The van der Waals surface area contributed by atoms with E-state index in [1.807, 2.05) is 0 Å². The standard InChI is InChI=1S/C12H15ClN2O2/c13-9-1-3-11(4-2-9)17-8-12(16)15-6-5-10(14)7-15/h1-4,10H,5-8,14H2/t10-/m0/s1. The zero-order valence-corrected chi connectivity index (χ0v) is 10.2. The summed E-state index contributed by atoms with van der Waals surface area (Å²) in [6.07, 6.45) is 0.868. The van der Waals surface area contributed by atoms with Crippen LogP contribution in [-0.4, -0.2) is 36.5 Å². The Hall–Kier alpha value is -1.26. The summed E-state index contributed by atoms with van der Waals surface area (Å²) in [5.41, 5.74) is 5.74. The van der Waals surface area contributed by atoms with Crippen molar-refractivity contribution in [3.63, 3.8) is 0 Å². The second-order valence-electron chi connectivity index (χ2n) is 4.13. The molecule has 2 N–H and O–H groups in total. The van der Waals surface area contributed by atoms with Gasteiger partial charge in [-0.1, -0.05) is 11.6 Å². The molecular formula is C12H15ClN2O2. The van der Waals surface area contributed by atoms with Gasteiger partial charge in [0.25, 0.3) is 5.91 Å². The summed E-state index contributed by atoms with van der Waals surface area (Å²) in [5, 5.41) is 0.647. The summed E-state index contributed by atoms with van der Waals surface area (Å²) >= 11 is 5.75. The van der Waals surface area contributed by atoms with E-state index in [0.717, 1.165) is 13.0 Å². The third kappa shape index (κ3) is 3.35. The highest BCUT2D eigenvalue weighted by Gasteiger charge is 2.23. The molecular weight excluding hydrogens is 240 g/mol. The van der Waals surface area contributed by atoms with E-state index < -0.39 is 0 Å². The molecule has 1 aromatic rings. The Bertz CT molecular complexity index is 394. The number of ether oxygens (including phenoxy) is 1. The van der Waals surface area contributed by atoms with Gasteiger partial charge in [0, 0.05) is 24.2 Å². The summed E-state index contributed by atoms with van der Waals surface area (Å²) in [7, 11) is 0. The van der Waals surface area contributed by atoms with Crippen molar-refractivity contribution in [1.82, 2.24) is 4.90 Å². The molecule has 92 valence electrons. The molecule has 0 radical (unpaired) electrons. The van der Waals surface area contributed by atoms with E-state index >= 15 is 0 Å². The first-order chi connectivity index (χ1) is 8.15.